The maximum absolute atomic E-state index is 12.4. The largest absolute Gasteiger partial charge is 0.465 e. The van der Waals surface area contributed by atoms with Gasteiger partial charge < -0.3 is 4.74 Å². The molecular formula is C11H14ClNO4S2. The molecule has 0 bridgehead atoms. The Kier molecular flexibility index (Phi) is 4.50. The topological polar surface area (TPSA) is 63.7 Å². The van der Waals surface area contributed by atoms with Gasteiger partial charge in [0.1, 0.15) is 10.8 Å². The van der Waals surface area contributed by atoms with E-state index in [4.69, 9.17) is 16.3 Å². The summed E-state index contributed by atoms with van der Waals surface area (Å²) < 4.78 is 31.5. The molecule has 1 heterocycles. The minimum atomic E-state index is -3.66. The minimum absolute atomic E-state index is 0.102. The number of rotatable bonds is 6. The molecule has 0 radical (unpaired) electrons. The Morgan fingerprint density at radius 2 is 2.21 bits per heavy atom. The van der Waals surface area contributed by atoms with E-state index in [9.17, 15) is 13.2 Å². The summed E-state index contributed by atoms with van der Waals surface area (Å²) >= 11 is 6.76. The molecule has 1 aliphatic rings. The zero-order valence-corrected chi connectivity index (χ0v) is 12.7. The first-order chi connectivity index (χ1) is 8.95. The summed E-state index contributed by atoms with van der Waals surface area (Å²) in [5, 5.41) is 0. The number of sulfonamides is 1. The average Bonchev–Trinajstić information content (AvgIpc) is 3.07. The number of thiophene rings is 1. The van der Waals surface area contributed by atoms with Gasteiger partial charge in [-0.1, -0.05) is 11.6 Å². The Morgan fingerprint density at radius 1 is 1.53 bits per heavy atom. The second-order valence-corrected chi connectivity index (χ2v) is 7.98. The predicted octanol–water partition coefficient (Wildman–Crippen LogP) is 2.12. The van der Waals surface area contributed by atoms with Crippen molar-refractivity contribution in [2.75, 3.05) is 13.2 Å². The lowest BCUT2D eigenvalue weighted by molar-refractivity contribution is -0.143. The summed E-state index contributed by atoms with van der Waals surface area (Å²) in [4.78, 5) is 11.5. The molecule has 19 heavy (non-hydrogen) atoms. The molecule has 1 aliphatic carbocycles. The normalized spacial score (nSPS) is 15.7. The van der Waals surface area contributed by atoms with E-state index in [1.807, 2.05) is 0 Å². The van der Waals surface area contributed by atoms with E-state index in [1.54, 1.807) is 6.92 Å². The van der Waals surface area contributed by atoms with Crippen molar-refractivity contribution < 1.29 is 17.9 Å². The maximum Gasteiger partial charge on any atom is 0.321 e. The van der Waals surface area contributed by atoms with Crippen LogP contribution in [0.3, 0.4) is 0 Å². The Labute approximate surface area is 121 Å². The lowest BCUT2D eigenvalue weighted by atomic mass is 10.6. The lowest BCUT2D eigenvalue weighted by Crippen LogP contribution is -2.37. The quantitative estimate of drug-likeness (QED) is 0.752. The SMILES string of the molecule is CCOC(=O)CN(C1CC1)S(=O)(=O)c1ccc(Cl)s1. The van der Waals surface area contributed by atoms with Crippen LogP contribution >= 0.6 is 22.9 Å². The van der Waals surface area contributed by atoms with Crippen LogP contribution in [0, 0.1) is 0 Å². The highest BCUT2D eigenvalue weighted by Gasteiger charge is 2.40. The van der Waals surface area contributed by atoms with Crippen LogP contribution in [0.4, 0.5) is 0 Å². The number of nitrogens with zero attached hydrogens (tertiary/aromatic N) is 1. The number of hydrogen-bond acceptors (Lipinski definition) is 5. The van der Waals surface area contributed by atoms with Crippen LogP contribution in [0.15, 0.2) is 16.3 Å². The molecule has 8 heteroatoms. The van der Waals surface area contributed by atoms with Crippen LogP contribution in [0.5, 0.6) is 0 Å². The highest BCUT2D eigenvalue weighted by Crippen LogP contribution is 2.35. The van der Waals surface area contributed by atoms with Gasteiger partial charge in [0.25, 0.3) is 10.0 Å². The molecular weight excluding hydrogens is 310 g/mol. The fraction of sp³-hybridized carbons (Fsp3) is 0.545. The summed E-state index contributed by atoms with van der Waals surface area (Å²) in [6.45, 7) is 1.69. The van der Waals surface area contributed by atoms with E-state index in [0.717, 1.165) is 24.2 Å². The van der Waals surface area contributed by atoms with Crippen LogP contribution in [0.25, 0.3) is 0 Å². The van der Waals surface area contributed by atoms with Gasteiger partial charge in [0.05, 0.1) is 10.9 Å². The first-order valence-electron chi connectivity index (χ1n) is 5.88. The summed E-state index contributed by atoms with van der Waals surface area (Å²) in [5.41, 5.74) is 0. The summed E-state index contributed by atoms with van der Waals surface area (Å²) in [6.07, 6.45) is 1.55. The van der Waals surface area contributed by atoms with Gasteiger partial charge in [-0.3, -0.25) is 4.79 Å². The first kappa shape index (κ1) is 14.8. The monoisotopic (exact) mass is 323 g/mol. The van der Waals surface area contributed by atoms with Crippen LogP contribution in [-0.2, 0) is 19.6 Å². The molecule has 106 valence electrons. The molecule has 1 aromatic rings. The number of carbonyl (C=O) groups excluding carboxylic acids is 1. The van der Waals surface area contributed by atoms with Gasteiger partial charge in [-0.25, -0.2) is 8.42 Å². The van der Waals surface area contributed by atoms with Gasteiger partial charge in [0.15, 0.2) is 0 Å². The van der Waals surface area contributed by atoms with Gasteiger partial charge in [-0.15, -0.1) is 11.3 Å². The van der Waals surface area contributed by atoms with Crippen molar-refractivity contribution in [1.29, 1.82) is 0 Å². The number of ether oxygens (including phenoxy) is 1. The average molecular weight is 324 g/mol. The van der Waals surface area contributed by atoms with Crippen molar-refractivity contribution in [3.8, 4) is 0 Å². The minimum Gasteiger partial charge on any atom is -0.465 e. The van der Waals surface area contributed by atoms with Gasteiger partial charge in [-0.05, 0) is 31.9 Å². The number of halogens is 1. The van der Waals surface area contributed by atoms with E-state index < -0.39 is 16.0 Å². The Morgan fingerprint density at radius 3 is 2.68 bits per heavy atom. The van der Waals surface area contributed by atoms with Gasteiger partial charge in [0.2, 0.25) is 0 Å². The van der Waals surface area contributed by atoms with Crippen molar-refractivity contribution in [1.82, 2.24) is 4.31 Å². The molecule has 0 aromatic carbocycles. The predicted molar refractivity (Wildman–Crippen MR) is 72.9 cm³/mol. The maximum atomic E-state index is 12.4. The molecule has 1 fully saturated rings. The molecule has 0 atom stereocenters. The van der Waals surface area contributed by atoms with Crippen molar-refractivity contribution >= 4 is 38.9 Å². The standard InChI is InChI=1S/C11H14ClNO4S2/c1-2-17-10(14)7-13(8-3-4-8)19(15,16)11-6-5-9(12)18-11/h5-6,8H,2-4,7H2,1H3. The van der Waals surface area contributed by atoms with Crippen LogP contribution in [-0.4, -0.2) is 37.9 Å². The lowest BCUT2D eigenvalue weighted by Gasteiger charge is -2.19. The van der Waals surface area contributed by atoms with Crippen LogP contribution < -0.4 is 0 Å². The molecule has 0 amide bonds. The molecule has 0 N–H and O–H groups in total. The highest BCUT2D eigenvalue weighted by atomic mass is 35.5. The second-order valence-electron chi connectivity index (χ2n) is 4.15. The Hall–Kier alpha value is -0.630. The Bertz CT molecular complexity index is 565. The van der Waals surface area contributed by atoms with Crippen molar-refractivity contribution in [2.45, 2.75) is 30.0 Å². The van der Waals surface area contributed by atoms with E-state index in [0.29, 0.717) is 4.34 Å². The molecule has 0 spiro atoms. The van der Waals surface area contributed by atoms with Crippen LogP contribution in [0.1, 0.15) is 19.8 Å². The molecule has 0 unspecified atom stereocenters. The van der Waals surface area contributed by atoms with Crippen molar-refractivity contribution in [3.05, 3.63) is 16.5 Å². The van der Waals surface area contributed by atoms with Crippen LogP contribution in [0.2, 0.25) is 4.34 Å². The van der Waals surface area contributed by atoms with E-state index in [-0.39, 0.29) is 23.4 Å². The van der Waals surface area contributed by atoms with E-state index >= 15 is 0 Å². The van der Waals surface area contributed by atoms with E-state index in [1.165, 1.54) is 16.4 Å². The first-order valence-corrected chi connectivity index (χ1v) is 8.51. The summed E-state index contributed by atoms with van der Waals surface area (Å²) in [7, 11) is -3.66. The molecule has 2 rings (SSSR count). The van der Waals surface area contributed by atoms with E-state index in [2.05, 4.69) is 0 Å². The zero-order chi connectivity index (χ0) is 14.0. The van der Waals surface area contributed by atoms with Gasteiger partial charge in [-0.2, -0.15) is 4.31 Å². The molecule has 0 saturated heterocycles. The fourth-order valence-electron chi connectivity index (χ4n) is 1.66. The smallest absolute Gasteiger partial charge is 0.321 e. The Balaban J connectivity index is 2.21. The van der Waals surface area contributed by atoms with Crippen molar-refractivity contribution in [3.63, 3.8) is 0 Å². The highest BCUT2D eigenvalue weighted by molar-refractivity contribution is 7.91. The van der Waals surface area contributed by atoms with Crippen molar-refractivity contribution in [2.24, 2.45) is 0 Å². The molecule has 1 saturated carbocycles. The summed E-state index contributed by atoms with van der Waals surface area (Å²) in [5.74, 6) is -0.527. The third-order valence-corrected chi connectivity index (χ3v) is 6.25. The summed E-state index contributed by atoms with van der Waals surface area (Å²) in [6, 6.07) is 2.90. The number of esters is 1. The number of carbonyl (C=O) groups is 1. The number of hydrogen-bond donors (Lipinski definition) is 0. The molecule has 0 aliphatic heterocycles. The van der Waals surface area contributed by atoms with Gasteiger partial charge >= 0.3 is 5.97 Å². The molecule has 1 aromatic heterocycles. The zero-order valence-electron chi connectivity index (χ0n) is 10.3. The third kappa shape index (κ3) is 3.47. The second kappa shape index (κ2) is 5.78. The van der Waals surface area contributed by atoms with Gasteiger partial charge in [0, 0.05) is 6.04 Å². The third-order valence-electron chi connectivity index (χ3n) is 2.66. The fourth-order valence-corrected chi connectivity index (χ4v) is 4.90. The molecule has 5 nitrogen and oxygen atoms in total.